The van der Waals surface area contributed by atoms with Crippen molar-refractivity contribution in [2.75, 3.05) is 28.6 Å². The molecule has 0 aromatic heterocycles. The second kappa shape index (κ2) is 7.09. The monoisotopic (exact) mass is 326 g/mol. The molecule has 2 aromatic carbocycles. The number of nitrogens with zero attached hydrogens (tertiary/aromatic N) is 2. The molecule has 3 nitrogen and oxygen atoms in total. The van der Waals surface area contributed by atoms with Crippen molar-refractivity contribution in [1.29, 1.82) is 0 Å². The van der Waals surface area contributed by atoms with Gasteiger partial charge in [0.1, 0.15) is 0 Å². The Morgan fingerprint density at radius 3 is 2.43 bits per heavy atom. The topological polar surface area (TPSA) is 23.6 Å². The van der Waals surface area contributed by atoms with Gasteiger partial charge in [-0.2, -0.15) is 0 Å². The van der Waals surface area contributed by atoms with E-state index in [4.69, 9.17) is 0 Å². The third-order valence-electron chi connectivity index (χ3n) is 4.21. The first-order valence-electron chi connectivity index (χ1n) is 8.04. The fourth-order valence-corrected chi connectivity index (χ4v) is 3.89. The van der Waals surface area contributed by atoms with Crippen LogP contribution < -0.4 is 9.80 Å². The Morgan fingerprint density at radius 1 is 1.09 bits per heavy atom. The fraction of sp³-hybridized carbons (Fsp3) is 0.316. The summed E-state index contributed by atoms with van der Waals surface area (Å²) < 4.78 is 0. The van der Waals surface area contributed by atoms with E-state index in [0.717, 1.165) is 29.4 Å². The zero-order valence-corrected chi connectivity index (χ0v) is 14.4. The van der Waals surface area contributed by atoms with E-state index in [1.165, 1.54) is 0 Å². The van der Waals surface area contributed by atoms with Gasteiger partial charge in [-0.15, -0.1) is 11.8 Å². The standard InChI is InChI=1S/C19H22N2OS/c1-3-20-15(2)13-21(18-12-8-7-11-17(18)20)19(22)14-23-16-9-5-4-6-10-16/h4-12,15H,3,13-14H2,1-2H3. The molecule has 0 saturated heterocycles. The average Bonchev–Trinajstić information content (AvgIpc) is 2.60. The van der Waals surface area contributed by atoms with Gasteiger partial charge in [0.2, 0.25) is 5.91 Å². The maximum atomic E-state index is 12.8. The van der Waals surface area contributed by atoms with Crippen molar-refractivity contribution in [1.82, 2.24) is 0 Å². The van der Waals surface area contributed by atoms with Crippen LogP contribution in [0.1, 0.15) is 13.8 Å². The minimum atomic E-state index is 0.175. The van der Waals surface area contributed by atoms with Crippen LogP contribution in [0.5, 0.6) is 0 Å². The highest BCUT2D eigenvalue weighted by atomic mass is 32.2. The molecule has 0 fully saturated rings. The summed E-state index contributed by atoms with van der Waals surface area (Å²) in [7, 11) is 0. The predicted octanol–water partition coefficient (Wildman–Crippen LogP) is 4.04. The summed E-state index contributed by atoms with van der Waals surface area (Å²) in [5.74, 6) is 0.644. The van der Waals surface area contributed by atoms with Crippen molar-refractivity contribution in [2.24, 2.45) is 0 Å². The number of hydrogen-bond donors (Lipinski definition) is 0. The van der Waals surface area contributed by atoms with Crippen molar-refractivity contribution in [3.8, 4) is 0 Å². The molecule has 1 unspecified atom stereocenters. The molecule has 0 saturated carbocycles. The smallest absolute Gasteiger partial charge is 0.237 e. The molecule has 23 heavy (non-hydrogen) atoms. The number of hydrogen-bond acceptors (Lipinski definition) is 3. The molecule has 1 aliphatic heterocycles. The summed E-state index contributed by atoms with van der Waals surface area (Å²) in [5.41, 5.74) is 2.19. The Labute approximate surface area is 142 Å². The molecular weight excluding hydrogens is 304 g/mol. The molecule has 1 heterocycles. The third-order valence-corrected chi connectivity index (χ3v) is 5.20. The highest BCUT2D eigenvalue weighted by Gasteiger charge is 2.30. The van der Waals surface area contributed by atoms with E-state index in [1.807, 2.05) is 47.4 Å². The Kier molecular flexibility index (Phi) is 4.91. The molecular formula is C19H22N2OS. The van der Waals surface area contributed by atoms with Crippen molar-refractivity contribution in [2.45, 2.75) is 24.8 Å². The van der Waals surface area contributed by atoms with Gasteiger partial charge < -0.3 is 9.80 Å². The maximum Gasteiger partial charge on any atom is 0.237 e. The van der Waals surface area contributed by atoms with Crippen molar-refractivity contribution < 1.29 is 4.79 Å². The minimum Gasteiger partial charge on any atom is -0.366 e. The Hall–Kier alpha value is -1.94. The second-order valence-corrected chi connectivity index (χ2v) is 6.78. The van der Waals surface area contributed by atoms with Gasteiger partial charge in [-0.05, 0) is 38.1 Å². The lowest BCUT2D eigenvalue weighted by Crippen LogP contribution is -2.50. The first-order valence-corrected chi connectivity index (χ1v) is 9.03. The van der Waals surface area contributed by atoms with E-state index in [2.05, 4.69) is 30.9 Å². The lowest BCUT2D eigenvalue weighted by Gasteiger charge is -2.42. The van der Waals surface area contributed by atoms with Gasteiger partial charge in [0, 0.05) is 24.0 Å². The molecule has 1 atom stereocenters. The molecule has 0 radical (unpaired) electrons. The summed E-state index contributed by atoms with van der Waals surface area (Å²) in [6, 6.07) is 18.6. The number of para-hydroxylation sites is 2. The summed E-state index contributed by atoms with van der Waals surface area (Å²) in [6.07, 6.45) is 0. The number of carbonyl (C=O) groups excluding carboxylic acids is 1. The number of benzene rings is 2. The van der Waals surface area contributed by atoms with E-state index >= 15 is 0 Å². The molecule has 0 aliphatic carbocycles. The zero-order chi connectivity index (χ0) is 16.2. The van der Waals surface area contributed by atoms with Gasteiger partial charge in [-0.25, -0.2) is 0 Å². The molecule has 2 aromatic rings. The quantitative estimate of drug-likeness (QED) is 0.792. The minimum absolute atomic E-state index is 0.175. The van der Waals surface area contributed by atoms with E-state index in [0.29, 0.717) is 11.8 Å². The van der Waals surface area contributed by atoms with E-state index in [-0.39, 0.29) is 5.91 Å². The highest BCUT2D eigenvalue weighted by Crippen LogP contribution is 2.35. The van der Waals surface area contributed by atoms with Gasteiger partial charge in [0.25, 0.3) is 0 Å². The number of amides is 1. The molecule has 0 bridgehead atoms. The normalized spacial score (nSPS) is 17.0. The number of rotatable bonds is 4. The summed E-state index contributed by atoms with van der Waals surface area (Å²) in [5, 5.41) is 0. The van der Waals surface area contributed by atoms with Crippen LogP contribution in [0.4, 0.5) is 11.4 Å². The highest BCUT2D eigenvalue weighted by molar-refractivity contribution is 8.00. The molecule has 1 aliphatic rings. The summed E-state index contributed by atoms with van der Waals surface area (Å²) in [4.78, 5) is 18.2. The van der Waals surface area contributed by atoms with Crippen molar-refractivity contribution >= 4 is 29.0 Å². The Morgan fingerprint density at radius 2 is 1.74 bits per heavy atom. The van der Waals surface area contributed by atoms with Gasteiger partial charge in [0.05, 0.1) is 17.1 Å². The first kappa shape index (κ1) is 15.9. The third kappa shape index (κ3) is 3.37. The Balaban J connectivity index is 1.78. The van der Waals surface area contributed by atoms with Gasteiger partial charge in [-0.1, -0.05) is 30.3 Å². The largest absolute Gasteiger partial charge is 0.366 e. The molecule has 120 valence electrons. The average molecular weight is 326 g/mol. The number of fused-ring (bicyclic) bond motifs is 1. The van der Waals surface area contributed by atoms with Crippen LogP contribution >= 0.6 is 11.8 Å². The zero-order valence-electron chi connectivity index (χ0n) is 13.6. The fourth-order valence-electron chi connectivity index (χ4n) is 3.09. The lowest BCUT2D eigenvalue weighted by atomic mass is 10.1. The number of anilines is 2. The summed E-state index contributed by atoms with van der Waals surface area (Å²) >= 11 is 1.60. The van der Waals surface area contributed by atoms with E-state index in [1.54, 1.807) is 11.8 Å². The molecule has 0 spiro atoms. The van der Waals surface area contributed by atoms with E-state index in [9.17, 15) is 4.79 Å². The van der Waals surface area contributed by atoms with Crippen LogP contribution in [-0.4, -0.2) is 30.8 Å². The van der Waals surface area contributed by atoms with Crippen LogP contribution in [-0.2, 0) is 4.79 Å². The van der Waals surface area contributed by atoms with Crippen LogP contribution in [0.25, 0.3) is 0 Å². The van der Waals surface area contributed by atoms with Crippen molar-refractivity contribution in [3.63, 3.8) is 0 Å². The maximum absolute atomic E-state index is 12.8. The van der Waals surface area contributed by atoms with Crippen LogP contribution in [0.3, 0.4) is 0 Å². The molecule has 0 N–H and O–H groups in total. The van der Waals surface area contributed by atoms with Gasteiger partial charge >= 0.3 is 0 Å². The molecule has 3 rings (SSSR count). The molecule has 1 amide bonds. The Bertz CT molecular complexity index is 674. The van der Waals surface area contributed by atoms with Crippen LogP contribution in [0, 0.1) is 0 Å². The first-order chi connectivity index (χ1) is 11.2. The van der Waals surface area contributed by atoms with E-state index < -0.39 is 0 Å². The SMILES string of the molecule is CCN1c2ccccc2N(C(=O)CSc2ccccc2)CC1C. The number of thioether (sulfide) groups is 1. The van der Waals surface area contributed by atoms with Crippen molar-refractivity contribution in [3.05, 3.63) is 54.6 Å². The summed E-state index contributed by atoms with van der Waals surface area (Å²) in [6.45, 7) is 6.05. The number of carbonyl (C=O) groups is 1. The second-order valence-electron chi connectivity index (χ2n) is 5.73. The predicted molar refractivity (Wildman–Crippen MR) is 98.4 cm³/mol. The number of likely N-dealkylation sites (N-methyl/N-ethyl adjacent to an activating group) is 1. The van der Waals surface area contributed by atoms with Crippen LogP contribution in [0.15, 0.2) is 59.5 Å². The van der Waals surface area contributed by atoms with Gasteiger partial charge in [-0.3, -0.25) is 4.79 Å². The molecule has 4 heteroatoms. The van der Waals surface area contributed by atoms with Gasteiger partial charge in [0.15, 0.2) is 0 Å². The van der Waals surface area contributed by atoms with Crippen LogP contribution in [0.2, 0.25) is 0 Å². The lowest BCUT2D eigenvalue weighted by molar-refractivity contribution is -0.116.